The second kappa shape index (κ2) is 5.51. The number of nitrogens with zero attached hydrogens (tertiary/aromatic N) is 1. The second-order valence-electron chi connectivity index (χ2n) is 5.05. The molecule has 2 rings (SSSR count). The van der Waals surface area contributed by atoms with Crippen LogP contribution in [0.15, 0.2) is 34.3 Å². The van der Waals surface area contributed by atoms with E-state index in [4.69, 9.17) is 9.47 Å². The Balaban J connectivity index is 1.98. The summed E-state index contributed by atoms with van der Waals surface area (Å²) in [4.78, 5) is 2.33. The third kappa shape index (κ3) is 3.78. The molecule has 1 aromatic carbocycles. The van der Waals surface area contributed by atoms with E-state index in [1.807, 2.05) is 6.92 Å². The first-order valence-electron chi connectivity index (χ1n) is 6.22. The lowest BCUT2D eigenvalue weighted by Gasteiger charge is -2.15. The minimum absolute atomic E-state index is 0.171. The molecule has 1 aliphatic rings. The Kier molecular flexibility index (Phi) is 4.12. The van der Waals surface area contributed by atoms with Gasteiger partial charge in [-0.3, -0.25) is 0 Å². The van der Waals surface area contributed by atoms with Gasteiger partial charge in [-0.15, -0.1) is 0 Å². The Bertz CT molecular complexity index is 593. The first-order chi connectivity index (χ1) is 9.28. The molecule has 0 amide bonds. The maximum atomic E-state index is 11.9. The van der Waals surface area contributed by atoms with Crippen molar-refractivity contribution in [3.8, 4) is 0 Å². The van der Waals surface area contributed by atoms with Crippen molar-refractivity contribution in [3.05, 3.63) is 29.8 Å². The van der Waals surface area contributed by atoms with Crippen LogP contribution in [0.4, 0.5) is 0 Å². The lowest BCUT2D eigenvalue weighted by atomic mass is 10.2. The van der Waals surface area contributed by atoms with Crippen LogP contribution in [0.25, 0.3) is 0 Å². The molecule has 0 bridgehead atoms. The second-order valence-corrected chi connectivity index (χ2v) is 6.71. The molecule has 0 saturated carbocycles. The van der Waals surface area contributed by atoms with Gasteiger partial charge < -0.3 is 9.47 Å². The summed E-state index contributed by atoms with van der Waals surface area (Å²) >= 11 is 0. The van der Waals surface area contributed by atoms with Crippen molar-refractivity contribution in [3.63, 3.8) is 0 Å². The summed E-state index contributed by atoms with van der Waals surface area (Å²) in [6.07, 6.45) is 1.03. The summed E-state index contributed by atoms with van der Waals surface area (Å²) < 4.78 is 34.7. The van der Waals surface area contributed by atoms with Gasteiger partial charge in [-0.25, -0.2) is 4.83 Å². The van der Waals surface area contributed by atoms with E-state index in [-0.39, 0.29) is 11.0 Å². The maximum Gasteiger partial charge on any atom is 0.276 e. The largest absolute Gasteiger partial charge is 0.347 e. The Morgan fingerprint density at radius 1 is 1.35 bits per heavy atom. The third-order valence-corrected chi connectivity index (χ3v) is 4.01. The molecule has 0 unspecified atom stereocenters. The van der Waals surface area contributed by atoms with Gasteiger partial charge in [0.25, 0.3) is 10.0 Å². The average molecular weight is 298 g/mol. The number of hydrogen-bond acceptors (Lipinski definition) is 5. The van der Waals surface area contributed by atoms with Crippen molar-refractivity contribution in [2.75, 3.05) is 6.61 Å². The predicted molar refractivity (Wildman–Crippen MR) is 74.9 cm³/mol. The summed E-state index contributed by atoms with van der Waals surface area (Å²) in [5.74, 6) is -0.660. The molecule has 1 fully saturated rings. The summed E-state index contributed by atoms with van der Waals surface area (Å²) in [6.45, 7) is 5.82. The molecule has 6 nitrogen and oxygen atoms in total. The lowest BCUT2D eigenvalue weighted by Crippen LogP contribution is -2.23. The highest BCUT2D eigenvalue weighted by Crippen LogP contribution is 2.21. The van der Waals surface area contributed by atoms with Gasteiger partial charge >= 0.3 is 0 Å². The fourth-order valence-electron chi connectivity index (χ4n) is 1.74. The molecule has 1 aromatic rings. The van der Waals surface area contributed by atoms with Crippen molar-refractivity contribution in [1.82, 2.24) is 4.83 Å². The van der Waals surface area contributed by atoms with Crippen LogP contribution in [0, 0.1) is 6.92 Å². The van der Waals surface area contributed by atoms with Crippen LogP contribution in [0.3, 0.4) is 0 Å². The molecule has 1 N–H and O–H groups in total. The Labute approximate surface area is 118 Å². The monoisotopic (exact) mass is 298 g/mol. The molecule has 110 valence electrons. The SMILES string of the molecule is Cc1ccc(S(=O)(=O)N/N=C/[C@H]2COC(C)(C)O2)cc1. The fraction of sp³-hybridized carbons (Fsp3) is 0.462. The Hall–Kier alpha value is -1.44. The standard InChI is InChI=1S/C13H18N2O4S/c1-10-4-6-12(7-5-10)20(16,17)15-14-8-11-9-18-13(2,3)19-11/h4-8,11,15H,9H2,1-3H3/b14-8+/t11-/m0/s1. The van der Waals surface area contributed by atoms with E-state index in [0.29, 0.717) is 6.61 Å². The highest BCUT2D eigenvalue weighted by molar-refractivity contribution is 7.89. The van der Waals surface area contributed by atoms with Crippen molar-refractivity contribution >= 4 is 16.2 Å². The molecule has 7 heteroatoms. The third-order valence-electron chi connectivity index (χ3n) is 2.78. The molecular formula is C13H18N2O4S. The minimum atomic E-state index is -3.64. The van der Waals surface area contributed by atoms with E-state index >= 15 is 0 Å². The van der Waals surface area contributed by atoms with Gasteiger partial charge in [-0.2, -0.15) is 13.5 Å². The Morgan fingerprint density at radius 2 is 2.00 bits per heavy atom. The van der Waals surface area contributed by atoms with E-state index < -0.39 is 15.8 Å². The topological polar surface area (TPSA) is 77.0 Å². The number of sulfonamides is 1. The number of aryl methyl sites for hydroxylation is 1. The van der Waals surface area contributed by atoms with Gasteiger partial charge in [0.15, 0.2) is 5.79 Å². The van der Waals surface area contributed by atoms with E-state index in [1.54, 1.807) is 26.0 Å². The zero-order valence-electron chi connectivity index (χ0n) is 11.7. The summed E-state index contributed by atoms with van der Waals surface area (Å²) in [5, 5.41) is 3.72. The minimum Gasteiger partial charge on any atom is -0.347 e. The van der Waals surface area contributed by atoms with Gasteiger partial charge in [0, 0.05) is 0 Å². The van der Waals surface area contributed by atoms with Crippen molar-refractivity contribution < 1.29 is 17.9 Å². The van der Waals surface area contributed by atoms with Crippen molar-refractivity contribution in [1.29, 1.82) is 0 Å². The molecule has 0 spiro atoms. The molecule has 1 saturated heterocycles. The van der Waals surface area contributed by atoms with Gasteiger partial charge in [-0.05, 0) is 32.9 Å². The fourth-order valence-corrected chi connectivity index (χ4v) is 2.54. The molecule has 20 heavy (non-hydrogen) atoms. The quantitative estimate of drug-likeness (QED) is 0.673. The van der Waals surface area contributed by atoms with Gasteiger partial charge in [0.05, 0.1) is 17.7 Å². The predicted octanol–water partition coefficient (Wildman–Crippen LogP) is 1.41. The van der Waals surface area contributed by atoms with Crippen LogP contribution >= 0.6 is 0 Å². The smallest absolute Gasteiger partial charge is 0.276 e. The van der Waals surface area contributed by atoms with E-state index in [9.17, 15) is 8.42 Å². The van der Waals surface area contributed by atoms with Crippen LogP contribution in [0.1, 0.15) is 19.4 Å². The number of benzene rings is 1. The highest BCUT2D eigenvalue weighted by atomic mass is 32.2. The van der Waals surface area contributed by atoms with Crippen LogP contribution in [0.5, 0.6) is 0 Å². The molecule has 1 atom stereocenters. The molecular weight excluding hydrogens is 280 g/mol. The number of rotatable bonds is 4. The average Bonchev–Trinajstić information content (AvgIpc) is 2.69. The van der Waals surface area contributed by atoms with Gasteiger partial charge in [0.2, 0.25) is 0 Å². The van der Waals surface area contributed by atoms with Crippen LogP contribution < -0.4 is 4.83 Å². The molecule has 1 aliphatic heterocycles. The van der Waals surface area contributed by atoms with Crippen LogP contribution in [-0.2, 0) is 19.5 Å². The maximum absolute atomic E-state index is 11.9. The van der Waals surface area contributed by atoms with Crippen LogP contribution in [-0.4, -0.2) is 33.1 Å². The molecule has 0 radical (unpaired) electrons. The first kappa shape index (κ1) is 15.0. The normalized spacial score (nSPS) is 22.2. The van der Waals surface area contributed by atoms with E-state index in [0.717, 1.165) is 5.56 Å². The Morgan fingerprint density at radius 3 is 2.55 bits per heavy atom. The number of hydrazone groups is 1. The highest BCUT2D eigenvalue weighted by Gasteiger charge is 2.31. The van der Waals surface area contributed by atoms with Gasteiger partial charge in [-0.1, -0.05) is 17.7 Å². The van der Waals surface area contributed by atoms with Gasteiger partial charge in [0.1, 0.15) is 6.10 Å². The summed E-state index contributed by atoms with van der Waals surface area (Å²) in [5.41, 5.74) is 0.992. The summed E-state index contributed by atoms with van der Waals surface area (Å²) in [7, 11) is -3.64. The number of ether oxygens (including phenoxy) is 2. The number of hydrogen-bond donors (Lipinski definition) is 1. The van der Waals surface area contributed by atoms with Crippen molar-refractivity contribution in [2.45, 2.75) is 37.6 Å². The molecule has 1 heterocycles. The van der Waals surface area contributed by atoms with Crippen LogP contribution in [0.2, 0.25) is 0 Å². The summed E-state index contributed by atoms with van der Waals surface area (Å²) in [6, 6.07) is 6.53. The zero-order valence-corrected chi connectivity index (χ0v) is 12.5. The van der Waals surface area contributed by atoms with E-state index in [2.05, 4.69) is 9.93 Å². The molecule has 0 aliphatic carbocycles. The zero-order chi connectivity index (χ0) is 14.8. The first-order valence-corrected chi connectivity index (χ1v) is 7.70. The van der Waals surface area contributed by atoms with Crippen molar-refractivity contribution in [2.24, 2.45) is 5.10 Å². The van der Waals surface area contributed by atoms with E-state index in [1.165, 1.54) is 18.3 Å². The molecule has 0 aromatic heterocycles. The lowest BCUT2D eigenvalue weighted by molar-refractivity contribution is -0.130. The number of nitrogens with one attached hydrogen (secondary N) is 1.